The van der Waals surface area contributed by atoms with Crippen molar-refractivity contribution in [2.75, 3.05) is 47.5 Å². The second-order valence-corrected chi connectivity index (χ2v) is 5.17. The van der Waals surface area contributed by atoms with Gasteiger partial charge in [-0.05, 0) is 24.6 Å². The topological polar surface area (TPSA) is 68.3 Å². The summed E-state index contributed by atoms with van der Waals surface area (Å²) in [4.78, 5) is 27.7. The van der Waals surface area contributed by atoms with Crippen LogP contribution < -0.4 is 9.47 Å². The second kappa shape index (κ2) is 7.71. The third-order valence-corrected chi connectivity index (χ3v) is 3.85. The van der Waals surface area contributed by atoms with E-state index in [0.717, 1.165) is 0 Å². The smallest absolute Gasteiger partial charge is 0.409 e. The van der Waals surface area contributed by atoms with Crippen LogP contribution in [0.3, 0.4) is 0 Å². The van der Waals surface area contributed by atoms with Gasteiger partial charge in [0.2, 0.25) is 0 Å². The minimum atomic E-state index is -0.363. The first-order chi connectivity index (χ1) is 11.1. The van der Waals surface area contributed by atoms with Crippen molar-refractivity contribution in [3.8, 4) is 11.5 Å². The first kappa shape index (κ1) is 16.9. The molecule has 126 valence electrons. The third-order valence-electron chi connectivity index (χ3n) is 3.85. The predicted octanol–water partition coefficient (Wildman–Crippen LogP) is 1.62. The molecule has 0 unspecified atom stereocenters. The molecule has 23 heavy (non-hydrogen) atoms. The van der Waals surface area contributed by atoms with E-state index >= 15 is 0 Å². The Kier molecular flexibility index (Phi) is 5.67. The molecule has 1 fully saturated rings. The average Bonchev–Trinajstić information content (AvgIpc) is 2.85. The quantitative estimate of drug-likeness (QED) is 0.846. The molecule has 1 aromatic rings. The first-order valence-corrected chi connectivity index (χ1v) is 7.45. The molecule has 0 bridgehead atoms. The molecule has 0 aromatic heterocycles. The molecule has 7 heteroatoms. The fraction of sp³-hybridized carbons (Fsp3) is 0.500. The molecule has 0 radical (unpaired) electrons. The Morgan fingerprint density at radius 2 is 1.65 bits per heavy atom. The number of carbonyl (C=O) groups excluding carboxylic acids is 2. The van der Waals surface area contributed by atoms with E-state index in [2.05, 4.69) is 0 Å². The summed E-state index contributed by atoms with van der Waals surface area (Å²) in [5.74, 6) is 0.970. The number of hydrogen-bond donors (Lipinski definition) is 0. The van der Waals surface area contributed by atoms with Crippen LogP contribution in [0.1, 0.15) is 16.8 Å². The zero-order valence-corrected chi connectivity index (χ0v) is 13.7. The summed E-state index contributed by atoms with van der Waals surface area (Å²) < 4.78 is 15.2. The molecule has 1 aromatic carbocycles. The molecule has 1 aliphatic rings. The van der Waals surface area contributed by atoms with Gasteiger partial charge >= 0.3 is 6.09 Å². The number of amides is 2. The average molecular weight is 322 g/mol. The van der Waals surface area contributed by atoms with Crippen molar-refractivity contribution in [3.05, 3.63) is 23.8 Å². The van der Waals surface area contributed by atoms with Gasteiger partial charge in [-0.25, -0.2) is 4.79 Å². The minimum absolute atomic E-state index is 0.132. The minimum Gasteiger partial charge on any atom is -0.497 e. The number of nitrogens with zero attached hydrogens (tertiary/aromatic N) is 2. The number of hydrogen-bond acceptors (Lipinski definition) is 5. The van der Waals surface area contributed by atoms with Gasteiger partial charge in [-0.15, -0.1) is 0 Å². The normalized spacial score (nSPS) is 14.9. The van der Waals surface area contributed by atoms with Gasteiger partial charge in [0.05, 0.1) is 26.9 Å². The Hall–Kier alpha value is -2.44. The Balaban J connectivity index is 2.15. The van der Waals surface area contributed by atoms with Gasteiger partial charge in [0.25, 0.3) is 5.91 Å². The molecule has 7 nitrogen and oxygen atoms in total. The van der Waals surface area contributed by atoms with Crippen LogP contribution in [0.25, 0.3) is 0 Å². The van der Waals surface area contributed by atoms with Crippen molar-refractivity contribution in [3.63, 3.8) is 0 Å². The molecule has 1 heterocycles. The highest BCUT2D eigenvalue weighted by Gasteiger charge is 2.25. The van der Waals surface area contributed by atoms with E-state index in [1.54, 1.807) is 35.1 Å². The molecular weight excluding hydrogens is 300 g/mol. The van der Waals surface area contributed by atoms with E-state index in [1.165, 1.54) is 14.2 Å². The van der Waals surface area contributed by atoms with Crippen molar-refractivity contribution in [1.82, 2.24) is 9.80 Å². The Morgan fingerprint density at radius 3 is 2.30 bits per heavy atom. The maximum atomic E-state index is 12.8. The molecule has 0 spiro atoms. The van der Waals surface area contributed by atoms with Crippen LogP contribution in [0.5, 0.6) is 11.5 Å². The third kappa shape index (κ3) is 3.85. The fourth-order valence-electron chi connectivity index (χ4n) is 2.58. The SMILES string of the molecule is COC(=O)N1CCCN(C(=O)c2cc(OC)ccc2OC)CC1. The molecule has 0 atom stereocenters. The molecule has 1 aliphatic heterocycles. The summed E-state index contributed by atoms with van der Waals surface area (Å²) in [5, 5.41) is 0. The summed E-state index contributed by atoms with van der Waals surface area (Å²) in [6.45, 7) is 2.05. The van der Waals surface area contributed by atoms with Gasteiger partial charge in [-0.2, -0.15) is 0 Å². The van der Waals surface area contributed by atoms with Crippen LogP contribution in [0.15, 0.2) is 18.2 Å². The van der Waals surface area contributed by atoms with Crippen LogP contribution in [-0.2, 0) is 4.74 Å². The van der Waals surface area contributed by atoms with Gasteiger partial charge < -0.3 is 24.0 Å². The van der Waals surface area contributed by atoms with E-state index in [9.17, 15) is 9.59 Å². The van der Waals surface area contributed by atoms with Crippen molar-refractivity contribution in [1.29, 1.82) is 0 Å². The summed E-state index contributed by atoms with van der Waals surface area (Å²) >= 11 is 0. The monoisotopic (exact) mass is 322 g/mol. The Bertz CT molecular complexity index is 576. The molecule has 1 saturated heterocycles. The lowest BCUT2D eigenvalue weighted by molar-refractivity contribution is 0.0753. The van der Waals surface area contributed by atoms with Crippen LogP contribution in [0.4, 0.5) is 4.79 Å². The number of carbonyl (C=O) groups is 2. The summed E-state index contributed by atoms with van der Waals surface area (Å²) in [7, 11) is 4.44. The van der Waals surface area contributed by atoms with Crippen LogP contribution in [-0.4, -0.2) is 69.3 Å². The number of benzene rings is 1. The zero-order chi connectivity index (χ0) is 16.8. The van der Waals surface area contributed by atoms with Gasteiger partial charge in [-0.1, -0.05) is 0 Å². The maximum absolute atomic E-state index is 12.8. The molecule has 0 N–H and O–H groups in total. The van der Waals surface area contributed by atoms with E-state index in [-0.39, 0.29) is 12.0 Å². The highest BCUT2D eigenvalue weighted by Crippen LogP contribution is 2.25. The number of methoxy groups -OCH3 is 3. The molecule has 2 rings (SSSR count). The van der Waals surface area contributed by atoms with E-state index < -0.39 is 0 Å². The number of rotatable bonds is 3. The highest BCUT2D eigenvalue weighted by molar-refractivity contribution is 5.97. The van der Waals surface area contributed by atoms with Gasteiger partial charge in [0.1, 0.15) is 11.5 Å². The zero-order valence-electron chi connectivity index (χ0n) is 13.7. The van der Waals surface area contributed by atoms with Crippen molar-refractivity contribution < 1.29 is 23.8 Å². The van der Waals surface area contributed by atoms with Crippen LogP contribution >= 0.6 is 0 Å². The lowest BCUT2D eigenvalue weighted by Crippen LogP contribution is -2.37. The van der Waals surface area contributed by atoms with E-state index in [1.807, 2.05) is 0 Å². The Morgan fingerprint density at radius 1 is 0.957 bits per heavy atom. The molecule has 0 saturated carbocycles. The van der Waals surface area contributed by atoms with Crippen molar-refractivity contribution in [2.45, 2.75) is 6.42 Å². The van der Waals surface area contributed by atoms with Crippen molar-refractivity contribution in [2.24, 2.45) is 0 Å². The molecule has 0 aliphatic carbocycles. The number of ether oxygens (including phenoxy) is 3. The van der Waals surface area contributed by atoms with E-state index in [4.69, 9.17) is 14.2 Å². The van der Waals surface area contributed by atoms with Gasteiger partial charge in [-0.3, -0.25) is 4.79 Å². The first-order valence-electron chi connectivity index (χ1n) is 7.45. The maximum Gasteiger partial charge on any atom is 0.409 e. The fourth-order valence-corrected chi connectivity index (χ4v) is 2.58. The van der Waals surface area contributed by atoms with Gasteiger partial charge in [0, 0.05) is 26.2 Å². The predicted molar refractivity (Wildman–Crippen MR) is 84.0 cm³/mol. The van der Waals surface area contributed by atoms with Crippen molar-refractivity contribution >= 4 is 12.0 Å². The summed E-state index contributed by atoms with van der Waals surface area (Å²) in [6.07, 6.45) is 0.339. The molecular formula is C16H22N2O5. The van der Waals surface area contributed by atoms with Gasteiger partial charge in [0.15, 0.2) is 0 Å². The second-order valence-electron chi connectivity index (χ2n) is 5.17. The van der Waals surface area contributed by atoms with Crippen LogP contribution in [0, 0.1) is 0 Å². The Labute approximate surface area is 135 Å². The summed E-state index contributed by atoms with van der Waals surface area (Å²) in [5.41, 5.74) is 0.457. The lowest BCUT2D eigenvalue weighted by atomic mass is 10.1. The van der Waals surface area contributed by atoms with E-state index in [0.29, 0.717) is 49.7 Å². The largest absolute Gasteiger partial charge is 0.497 e. The highest BCUT2D eigenvalue weighted by atomic mass is 16.5. The molecule has 2 amide bonds. The lowest BCUT2D eigenvalue weighted by Gasteiger charge is -2.22. The standard InChI is InChI=1S/C16H22N2O5/c1-21-12-5-6-14(22-2)13(11-12)15(19)17-7-4-8-18(10-9-17)16(20)23-3/h5-6,11H,4,7-10H2,1-3H3. The van der Waals surface area contributed by atoms with Crippen LogP contribution in [0.2, 0.25) is 0 Å². The summed E-state index contributed by atoms with van der Waals surface area (Å²) in [6, 6.07) is 5.13.